The lowest BCUT2D eigenvalue weighted by Gasteiger charge is -2.22. The van der Waals surface area contributed by atoms with E-state index in [0.717, 1.165) is 30.1 Å². The number of hydrogen-bond donors (Lipinski definition) is 1. The second-order valence-electron chi connectivity index (χ2n) is 5.25. The van der Waals surface area contributed by atoms with Gasteiger partial charge in [-0.2, -0.15) is 0 Å². The number of nitrogens with zero attached hydrogens (tertiary/aromatic N) is 2. The number of nitrogens with one attached hydrogen (secondary N) is 1. The molecule has 21 heavy (non-hydrogen) atoms. The molecule has 1 heterocycles. The first-order chi connectivity index (χ1) is 10.2. The molecule has 2 aromatic rings. The van der Waals surface area contributed by atoms with Crippen LogP contribution in [0.4, 0.5) is 0 Å². The molecule has 0 aliphatic carbocycles. The normalized spacial score (nSPS) is 12.6. The van der Waals surface area contributed by atoms with Gasteiger partial charge in [0.1, 0.15) is 0 Å². The molecule has 0 saturated carbocycles. The van der Waals surface area contributed by atoms with Crippen molar-refractivity contribution in [2.75, 3.05) is 20.6 Å². The van der Waals surface area contributed by atoms with Crippen molar-refractivity contribution in [2.24, 2.45) is 0 Å². The fourth-order valence-electron chi connectivity index (χ4n) is 2.44. The highest BCUT2D eigenvalue weighted by Crippen LogP contribution is 2.24. The van der Waals surface area contributed by atoms with Gasteiger partial charge in [-0.1, -0.05) is 35.9 Å². The maximum atomic E-state index is 6.28. The van der Waals surface area contributed by atoms with Gasteiger partial charge < -0.3 is 10.2 Å². The molecule has 1 aromatic carbocycles. The van der Waals surface area contributed by atoms with E-state index in [1.807, 2.05) is 37.5 Å². The van der Waals surface area contributed by atoms with Crippen LogP contribution < -0.4 is 5.32 Å². The van der Waals surface area contributed by atoms with Crippen LogP contribution in [0.5, 0.6) is 0 Å². The molecule has 3 nitrogen and oxygen atoms in total. The van der Waals surface area contributed by atoms with E-state index in [1.165, 1.54) is 5.56 Å². The van der Waals surface area contributed by atoms with E-state index in [1.54, 1.807) is 6.20 Å². The van der Waals surface area contributed by atoms with E-state index in [0.29, 0.717) is 0 Å². The third kappa shape index (κ3) is 4.81. The largest absolute Gasteiger partial charge is 0.313 e. The molecule has 0 aliphatic rings. The van der Waals surface area contributed by atoms with Gasteiger partial charge in [-0.15, -0.1) is 0 Å². The Bertz CT molecular complexity index is 545. The molecule has 1 atom stereocenters. The summed E-state index contributed by atoms with van der Waals surface area (Å²) in [6.45, 7) is 1.90. The second kappa shape index (κ2) is 8.13. The minimum Gasteiger partial charge on any atom is -0.313 e. The number of pyridine rings is 1. The summed E-state index contributed by atoms with van der Waals surface area (Å²) in [6.07, 6.45) is 4.73. The predicted octanol–water partition coefficient (Wildman–Crippen LogP) is 3.52. The number of halogens is 1. The molecule has 0 aliphatic heterocycles. The average molecular weight is 304 g/mol. The van der Waals surface area contributed by atoms with E-state index in [2.05, 4.69) is 34.4 Å². The number of hydrogen-bond acceptors (Lipinski definition) is 3. The summed E-state index contributed by atoms with van der Waals surface area (Å²) in [6, 6.07) is 12.4. The Labute approximate surface area is 132 Å². The number of benzene rings is 1. The van der Waals surface area contributed by atoms with Crippen molar-refractivity contribution < 1.29 is 0 Å². The molecular weight excluding hydrogens is 282 g/mol. The molecule has 0 spiro atoms. The molecule has 112 valence electrons. The van der Waals surface area contributed by atoms with Crippen LogP contribution in [0, 0.1) is 0 Å². The van der Waals surface area contributed by atoms with Crippen molar-refractivity contribution in [3.8, 4) is 0 Å². The molecule has 4 heteroatoms. The van der Waals surface area contributed by atoms with E-state index in [-0.39, 0.29) is 6.04 Å². The lowest BCUT2D eigenvalue weighted by Crippen LogP contribution is -2.25. The molecule has 0 bridgehead atoms. The lowest BCUT2D eigenvalue weighted by atomic mass is 10.0. The molecular formula is C17H22ClN3. The Morgan fingerprint density at radius 2 is 2.05 bits per heavy atom. The highest BCUT2D eigenvalue weighted by atomic mass is 35.5. The summed E-state index contributed by atoms with van der Waals surface area (Å²) in [4.78, 5) is 6.46. The maximum absolute atomic E-state index is 6.28. The van der Waals surface area contributed by atoms with E-state index in [4.69, 9.17) is 11.6 Å². The van der Waals surface area contributed by atoms with Gasteiger partial charge >= 0.3 is 0 Å². The standard InChI is InChI=1S/C17H22ClN3/c1-19-17(15-7-3-4-8-16(15)18)9-11-21(2)13-14-6-5-10-20-12-14/h3-8,10,12,17,19H,9,11,13H2,1-2H3. The molecule has 1 N–H and O–H groups in total. The van der Waals surface area contributed by atoms with Gasteiger partial charge in [-0.3, -0.25) is 4.98 Å². The summed E-state index contributed by atoms with van der Waals surface area (Å²) in [7, 11) is 4.11. The number of rotatable bonds is 7. The minimum absolute atomic E-state index is 0.273. The Morgan fingerprint density at radius 1 is 1.24 bits per heavy atom. The molecule has 0 amide bonds. The monoisotopic (exact) mass is 303 g/mol. The van der Waals surface area contributed by atoms with Crippen LogP contribution in [0.3, 0.4) is 0 Å². The van der Waals surface area contributed by atoms with E-state index < -0.39 is 0 Å². The Balaban J connectivity index is 1.90. The zero-order valence-corrected chi connectivity index (χ0v) is 13.3. The van der Waals surface area contributed by atoms with Crippen LogP contribution in [-0.4, -0.2) is 30.5 Å². The highest BCUT2D eigenvalue weighted by Gasteiger charge is 2.13. The van der Waals surface area contributed by atoms with Crippen molar-refractivity contribution in [1.29, 1.82) is 0 Å². The second-order valence-corrected chi connectivity index (χ2v) is 5.66. The average Bonchev–Trinajstić information content (AvgIpc) is 2.50. The lowest BCUT2D eigenvalue weighted by molar-refractivity contribution is 0.303. The van der Waals surface area contributed by atoms with Gasteiger partial charge in [0.25, 0.3) is 0 Å². The van der Waals surface area contributed by atoms with Crippen molar-refractivity contribution >= 4 is 11.6 Å². The van der Waals surface area contributed by atoms with Gasteiger partial charge in [0.2, 0.25) is 0 Å². The predicted molar refractivity (Wildman–Crippen MR) is 88.4 cm³/mol. The highest BCUT2D eigenvalue weighted by molar-refractivity contribution is 6.31. The summed E-state index contributed by atoms with van der Waals surface area (Å²) in [5.74, 6) is 0. The first-order valence-electron chi connectivity index (χ1n) is 7.20. The molecule has 0 radical (unpaired) electrons. The SMILES string of the molecule is CNC(CCN(C)Cc1cccnc1)c1ccccc1Cl. The van der Waals surface area contributed by atoms with Crippen LogP contribution in [-0.2, 0) is 6.54 Å². The molecule has 0 saturated heterocycles. The zero-order valence-electron chi connectivity index (χ0n) is 12.6. The van der Waals surface area contributed by atoms with Crippen molar-refractivity contribution in [1.82, 2.24) is 15.2 Å². The van der Waals surface area contributed by atoms with Gasteiger partial charge in [0.05, 0.1) is 0 Å². The fourth-order valence-corrected chi connectivity index (χ4v) is 2.71. The quantitative estimate of drug-likeness (QED) is 0.848. The summed E-state index contributed by atoms with van der Waals surface area (Å²) in [5, 5.41) is 4.18. The van der Waals surface area contributed by atoms with Crippen molar-refractivity contribution in [2.45, 2.75) is 19.0 Å². The molecule has 1 aromatic heterocycles. The topological polar surface area (TPSA) is 28.2 Å². The molecule has 2 rings (SSSR count). The Kier molecular flexibility index (Phi) is 6.18. The van der Waals surface area contributed by atoms with Crippen LogP contribution in [0.1, 0.15) is 23.6 Å². The van der Waals surface area contributed by atoms with Crippen LogP contribution in [0.25, 0.3) is 0 Å². The van der Waals surface area contributed by atoms with Crippen molar-refractivity contribution in [3.63, 3.8) is 0 Å². The summed E-state index contributed by atoms with van der Waals surface area (Å²) < 4.78 is 0. The van der Waals surface area contributed by atoms with Crippen molar-refractivity contribution in [3.05, 3.63) is 64.9 Å². The molecule has 1 unspecified atom stereocenters. The third-order valence-electron chi connectivity index (χ3n) is 3.60. The minimum atomic E-state index is 0.273. The van der Waals surface area contributed by atoms with Crippen LogP contribution in [0.15, 0.2) is 48.8 Å². The summed E-state index contributed by atoms with van der Waals surface area (Å²) in [5.41, 5.74) is 2.40. The maximum Gasteiger partial charge on any atom is 0.0453 e. The van der Waals surface area contributed by atoms with Gasteiger partial charge in [0, 0.05) is 30.0 Å². The first kappa shape index (κ1) is 16.0. The van der Waals surface area contributed by atoms with Crippen LogP contribution >= 0.6 is 11.6 Å². The van der Waals surface area contributed by atoms with E-state index >= 15 is 0 Å². The zero-order chi connectivity index (χ0) is 15.1. The third-order valence-corrected chi connectivity index (χ3v) is 3.95. The van der Waals surface area contributed by atoms with Gasteiger partial charge in [-0.05, 0) is 50.3 Å². The van der Waals surface area contributed by atoms with Gasteiger partial charge in [-0.25, -0.2) is 0 Å². The smallest absolute Gasteiger partial charge is 0.0453 e. The van der Waals surface area contributed by atoms with Crippen LogP contribution in [0.2, 0.25) is 5.02 Å². The number of aromatic nitrogens is 1. The van der Waals surface area contributed by atoms with Gasteiger partial charge in [0.15, 0.2) is 0 Å². The fraction of sp³-hybridized carbons (Fsp3) is 0.353. The first-order valence-corrected chi connectivity index (χ1v) is 7.57. The molecule has 0 fully saturated rings. The Hall–Kier alpha value is -1.42. The summed E-state index contributed by atoms with van der Waals surface area (Å²) >= 11 is 6.28. The van der Waals surface area contributed by atoms with E-state index in [9.17, 15) is 0 Å². The Morgan fingerprint density at radius 3 is 2.71 bits per heavy atom.